The predicted molar refractivity (Wildman–Crippen MR) is 42.1 cm³/mol. The summed E-state index contributed by atoms with van der Waals surface area (Å²) in [5, 5.41) is 4.15. The second-order valence-corrected chi connectivity index (χ2v) is 2.44. The highest BCUT2D eigenvalue weighted by molar-refractivity contribution is 5.44. The van der Waals surface area contributed by atoms with Crippen molar-refractivity contribution in [2.75, 3.05) is 5.73 Å². The van der Waals surface area contributed by atoms with Gasteiger partial charge in [-0.2, -0.15) is 5.10 Å². The van der Waals surface area contributed by atoms with Crippen LogP contribution in [-0.4, -0.2) is 14.6 Å². The molecular weight excluding hydrogens is 140 g/mol. The van der Waals surface area contributed by atoms with Crippen LogP contribution in [0.15, 0.2) is 18.3 Å². The number of anilines is 1. The zero-order valence-corrected chi connectivity index (χ0v) is 6.15. The van der Waals surface area contributed by atoms with Gasteiger partial charge in [-0.05, 0) is 13.0 Å². The van der Waals surface area contributed by atoms with E-state index < -0.39 is 0 Å². The zero-order valence-electron chi connectivity index (χ0n) is 6.15. The highest BCUT2D eigenvalue weighted by Gasteiger charge is 1.96. The Kier molecular flexibility index (Phi) is 1.09. The SMILES string of the molecule is Cc1cc2nc(N)ccn2n1. The fraction of sp³-hybridized carbons (Fsp3) is 0.143. The predicted octanol–water partition coefficient (Wildman–Crippen LogP) is 0.620. The number of nitrogens with zero attached hydrogens (tertiary/aromatic N) is 3. The Morgan fingerprint density at radius 2 is 2.36 bits per heavy atom. The summed E-state index contributed by atoms with van der Waals surface area (Å²) in [6.07, 6.45) is 1.80. The molecule has 2 heterocycles. The molecule has 4 nitrogen and oxygen atoms in total. The van der Waals surface area contributed by atoms with Crippen LogP contribution in [0.5, 0.6) is 0 Å². The first-order valence-corrected chi connectivity index (χ1v) is 3.34. The van der Waals surface area contributed by atoms with E-state index in [-0.39, 0.29) is 0 Å². The molecule has 0 spiro atoms. The lowest BCUT2D eigenvalue weighted by atomic mass is 10.5. The number of aryl methyl sites for hydroxylation is 1. The van der Waals surface area contributed by atoms with Crippen molar-refractivity contribution in [1.82, 2.24) is 14.6 Å². The number of rotatable bonds is 0. The molecule has 0 saturated heterocycles. The molecule has 0 aliphatic rings. The summed E-state index contributed by atoms with van der Waals surface area (Å²) in [6, 6.07) is 3.61. The summed E-state index contributed by atoms with van der Waals surface area (Å²) in [7, 11) is 0. The van der Waals surface area contributed by atoms with Crippen LogP contribution in [0, 0.1) is 6.92 Å². The third-order valence-corrected chi connectivity index (χ3v) is 1.47. The molecule has 11 heavy (non-hydrogen) atoms. The van der Waals surface area contributed by atoms with Gasteiger partial charge in [-0.3, -0.25) is 0 Å². The molecule has 4 heteroatoms. The van der Waals surface area contributed by atoms with Gasteiger partial charge in [0.2, 0.25) is 0 Å². The van der Waals surface area contributed by atoms with E-state index in [2.05, 4.69) is 10.1 Å². The van der Waals surface area contributed by atoms with Gasteiger partial charge in [0.05, 0.1) is 5.69 Å². The maximum Gasteiger partial charge on any atom is 0.157 e. The van der Waals surface area contributed by atoms with Gasteiger partial charge in [-0.25, -0.2) is 9.50 Å². The van der Waals surface area contributed by atoms with Crippen molar-refractivity contribution in [3.8, 4) is 0 Å². The van der Waals surface area contributed by atoms with Crippen LogP contribution in [0.3, 0.4) is 0 Å². The first kappa shape index (κ1) is 6.15. The van der Waals surface area contributed by atoms with Crippen molar-refractivity contribution in [2.24, 2.45) is 0 Å². The van der Waals surface area contributed by atoms with Gasteiger partial charge < -0.3 is 5.73 Å². The van der Waals surface area contributed by atoms with E-state index in [9.17, 15) is 0 Å². The number of hydrogen-bond acceptors (Lipinski definition) is 3. The third-order valence-electron chi connectivity index (χ3n) is 1.47. The monoisotopic (exact) mass is 148 g/mol. The third kappa shape index (κ3) is 0.920. The molecule has 0 unspecified atom stereocenters. The number of nitrogen functional groups attached to an aromatic ring is 1. The topological polar surface area (TPSA) is 56.2 Å². The van der Waals surface area contributed by atoms with Crippen LogP contribution in [0.1, 0.15) is 5.69 Å². The molecule has 0 aromatic carbocycles. The fourth-order valence-corrected chi connectivity index (χ4v) is 1.01. The Hall–Kier alpha value is -1.58. The largest absolute Gasteiger partial charge is 0.384 e. The average Bonchev–Trinajstić information content (AvgIpc) is 2.27. The van der Waals surface area contributed by atoms with Crippen LogP contribution >= 0.6 is 0 Å². The summed E-state index contributed by atoms with van der Waals surface area (Å²) < 4.78 is 1.70. The Morgan fingerprint density at radius 3 is 3.18 bits per heavy atom. The van der Waals surface area contributed by atoms with Crippen LogP contribution in [0.2, 0.25) is 0 Å². The molecule has 2 aromatic heterocycles. The molecule has 0 amide bonds. The van der Waals surface area contributed by atoms with Gasteiger partial charge in [0, 0.05) is 12.3 Å². The Morgan fingerprint density at radius 1 is 1.55 bits per heavy atom. The minimum Gasteiger partial charge on any atom is -0.384 e. The first-order valence-electron chi connectivity index (χ1n) is 3.34. The van der Waals surface area contributed by atoms with Crippen molar-refractivity contribution in [2.45, 2.75) is 6.92 Å². The van der Waals surface area contributed by atoms with Crippen LogP contribution in [0.25, 0.3) is 5.65 Å². The lowest BCUT2D eigenvalue weighted by Gasteiger charge is -1.91. The molecule has 0 atom stereocenters. The van der Waals surface area contributed by atoms with E-state index in [0.29, 0.717) is 5.82 Å². The van der Waals surface area contributed by atoms with Gasteiger partial charge in [0.15, 0.2) is 5.65 Å². The molecule has 0 radical (unpaired) electrons. The second kappa shape index (κ2) is 1.95. The van der Waals surface area contributed by atoms with Crippen molar-refractivity contribution in [3.63, 3.8) is 0 Å². The maximum absolute atomic E-state index is 5.48. The van der Waals surface area contributed by atoms with Crippen LogP contribution in [0.4, 0.5) is 5.82 Å². The van der Waals surface area contributed by atoms with Crippen LogP contribution < -0.4 is 5.73 Å². The Labute approximate surface area is 63.7 Å². The van der Waals surface area contributed by atoms with Gasteiger partial charge in [-0.15, -0.1) is 0 Å². The first-order chi connectivity index (χ1) is 5.25. The number of aromatic nitrogens is 3. The van der Waals surface area contributed by atoms with E-state index in [4.69, 9.17) is 5.73 Å². The molecular formula is C7H8N4. The highest BCUT2D eigenvalue weighted by Crippen LogP contribution is 2.04. The standard InChI is InChI=1S/C7H8N4/c1-5-4-7-9-6(8)2-3-11(7)10-5/h2-4H,1H3,(H2,8,9). The number of nitrogens with two attached hydrogens (primary N) is 1. The zero-order chi connectivity index (χ0) is 7.84. The van der Waals surface area contributed by atoms with Gasteiger partial charge in [-0.1, -0.05) is 0 Å². The Bertz CT molecular complexity index is 390. The highest BCUT2D eigenvalue weighted by atomic mass is 15.2. The van der Waals surface area contributed by atoms with Crippen molar-refractivity contribution < 1.29 is 0 Å². The fourth-order valence-electron chi connectivity index (χ4n) is 1.01. The summed E-state index contributed by atoms with van der Waals surface area (Å²) in [5.41, 5.74) is 7.22. The smallest absolute Gasteiger partial charge is 0.157 e. The summed E-state index contributed by atoms with van der Waals surface area (Å²) in [6.45, 7) is 1.92. The lowest BCUT2D eigenvalue weighted by molar-refractivity contribution is 0.919. The summed E-state index contributed by atoms with van der Waals surface area (Å²) in [4.78, 5) is 4.07. The van der Waals surface area contributed by atoms with E-state index in [1.54, 1.807) is 16.8 Å². The number of hydrogen-bond donors (Lipinski definition) is 1. The lowest BCUT2D eigenvalue weighted by Crippen LogP contribution is -1.94. The Balaban J connectivity index is 2.82. The minimum absolute atomic E-state index is 0.525. The van der Waals surface area contributed by atoms with Crippen molar-refractivity contribution >= 4 is 11.5 Å². The van der Waals surface area contributed by atoms with E-state index in [1.807, 2.05) is 13.0 Å². The molecule has 0 aliphatic carbocycles. The summed E-state index contributed by atoms with van der Waals surface area (Å²) in [5.74, 6) is 0.525. The quantitative estimate of drug-likeness (QED) is 0.595. The van der Waals surface area contributed by atoms with Gasteiger partial charge in [0.25, 0.3) is 0 Å². The molecule has 0 bridgehead atoms. The van der Waals surface area contributed by atoms with E-state index >= 15 is 0 Å². The van der Waals surface area contributed by atoms with Crippen molar-refractivity contribution in [1.29, 1.82) is 0 Å². The van der Waals surface area contributed by atoms with Gasteiger partial charge in [0.1, 0.15) is 5.82 Å². The second-order valence-electron chi connectivity index (χ2n) is 2.44. The molecule has 0 fully saturated rings. The normalized spacial score (nSPS) is 10.6. The molecule has 0 saturated carbocycles. The van der Waals surface area contributed by atoms with E-state index in [1.165, 1.54) is 0 Å². The molecule has 2 N–H and O–H groups in total. The molecule has 2 rings (SSSR count). The maximum atomic E-state index is 5.48. The summed E-state index contributed by atoms with van der Waals surface area (Å²) >= 11 is 0. The molecule has 0 aliphatic heterocycles. The number of fused-ring (bicyclic) bond motifs is 1. The van der Waals surface area contributed by atoms with Gasteiger partial charge >= 0.3 is 0 Å². The minimum atomic E-state index is 0.525. The average molecular weight is 148 g/mol. The van der Waals surface area contributed by atoms with E-state index in [0.717, 1.165) is 11.3 Å². The molecule has 56 valence electrons. The van der Waals surface area contributed by atoms with Crippen molar-refractivity contribution in [3.05, 3.63) is 24.0 Å². The molecule has 2 aromatic rings. The van der Waals surface area contributed by atoms with Crippen LogP contribution in [-0.2, 0) is 0 Å².